The van der Waals surface area contributed by atoms with Crippen molar-refractivity contribution in [3.05, 3.63) is 83.2 Å². The summed E-state index contributed by atoms with van der Waals surface area (Å²) in [4.78, 5) is 11.7. The molecule has 2 aromatic heterocycles. The van der Waals surface area contributed by atoms with Gasteiger partial charge in [0.25, 0.3) is 0 Å². The molecule has 0 aliphatic carbocycles. The number of hydrogen-bond acceptors (Lipinski definition) is 3. The summed E-state index contributed by atoms with van der Waals surface area (Å²) in [6, 6.07) is 11.5. The minimum atomic E-state index is -4.31. The lowest BCUT2D eigenvalue weighted by Gasteiger charge is -2.24. The number of pyridine rings is 1. The monoisotopic (exact) mass is 400 g/mol. The van der Waals surface area contributed by atoms with Crippen molar-refractivity contribution in [2.75, 3.05) is 6.54 Å². The van der Waals surface area contributed by atoms with Gasteiger partial charge in [0, 0.05) is 31.6 Å². The molecule has 1 fully saturated rings. The van der Waals surface area contributed by atoms with Crippen LogP contribution in [0.15, 0.2) is 54.9 Å². The molecule has 0 bridgehead atoms. The molecule has 1 atom stereocenters. The second-order valence-electron chi connectivity index (χ2n) is 7.51. The third-order valence-corrected chi connectivity index (χ3v) is 5.47. The van der Waals surface area contributed by atoms with E-state index < -0.39 is 11.7 Å². The average Bonchev–Trinajstić information content (AvgIpc) is 3.31. The minimum Gasteiger partial charge on any atom is -0.337 e. The molecule has 1 aromatic carbocycles. The first-order valence-electron chi connectivity index (χ1n) is 9.72. The summed E-state index contributed by atoms with van der Waals surface area (Å²) < 4.78 is 40.3. The lowest BCUT2D eigenvalue weighted by molar-refractivity contribution is -0.137. The normalized spacial score (nSPS) is 17.7. The number of imidazole rings is 1. The molecule has 1 unspecified atom stereocenters. The van der Waals surface area contributed by atoms with Gasteiger partial charge in [0.15, 0.2) is 0 Å². The van der Waals surface area contributed by atoms with Crippen molar-refractivity contribution in [3.8, 4) is 0 Å². The maximum absolute atomic E-state index is 12.7. The number of aryl methyl sites for hydroxylation is 1. The van der Waals surface area contributed by atoms with E-state index in [1.54, 1.807) is 0 Å². The smallest absolute Gasteiger partial charge is 0.337 e. The topological polar surface area (TPSA) is 34.0 Å². The highest BCUT2D eigenvalue weighted by atomic mass is 19.4. The highest BCUT2D eigenvalue weighted by molar-refractivity contribution is 5.28. The second-order valence-corrected chi connectivity index (χ2v) is 7.51. The van der Waals surface area contributed by atoms with Crippen LogP contribution in [0.2, 0.25) is 0 Å². The van der Waals surface area contributed by atoms with Crippen LogP contribution in [-0.2, 0) is 26.2 Å². The lowest BCUT2D eigenvalue weighted by Crippen LogP contribution is -2.25. The van der Waals surface area contributed by atoms with Crippen LogP contribution in [0.1, 0.15) is 47.2 Å². The Labute approximate surface area is 168 Å². The highest BCUT2D eigenvalue weighted by Crippen LogP contribution is 2.32. The standard InChI is InChI=1S/C22H23F3N4/c1-28-13-11-26-21(28)15-29-12-3-6-20(29)19-5-2-4-18(27-19)14-16-7-9-17(10-8-16)22(23,24)25/h2,4-5,7-11,13,20H,3,6,12,14-15H2,1H3. The Morgan fingerprint density at radius 2 is 1.90 bits per heavy atom. The van der Waals surface area contributed by atoms with Crippen molar-refractivity contribution in [1.29, 1.82) is 0 Å². The van der Waals surface area contributed by atoms with Crippen molar-refractivity contribution in [1.82, 2.24) is 19.4 Å². The number of hydrogen-bond donors (Lipinski definition) is 0. The van der Waals surface area contributed by atoms with Crippen molar-refractivity contribution < 1.29 is 13.2 Å². The average molecular weight is 400 g/mol. The molecule has 1 aliphatic heterocycles. The highest BCUT2D eigenvalue weighted by Gasteiger charge is 2.30. The van der Waals surface area contributed by atoms with E-state index in [4.69, 9.17) is 4.98 Å². The zero-order valence-electron chi connectivity index (χ0n) is 16.2. The van der Waals surface area contributed by atoms with Gasteiger partial charge in [0.05, 0.1) is 23.8 Å². The molecule has 3 heterocycles. The molecular weight excluding hydrogens is 377 g/mol. The Morgan fingerprint density at radius 1 is 1.10 bits per heavy atom. The molecule has 4 rings (SSSR count). The number of halogens is 3. The Hall–Kier alpha value is -2.67. The van der Waals surface area contributed by atoms with Crippen LogP contribution in [0.25, 0.3) is 0 Å². The molecule has 4 nitrogen and oxygen atoms in total. The van der Waals surface area contributed by atoms with Gasteiger partial charge in [-0.1, -0.05) is 18.2 Å². The number of rotatable bonds is 5. The maximum Gasteiger partial charge on any atom is 0.416 e. The van der Waals surface area contributed by atoms with Crippen molar-refractivity contribution >= 4 is 0 Å². The van der Waals surface area contributed by atoms with E-state index in [1.807, 2.05) is 42.2 Å². The van der Waals surface area contributed by atoms with Gasteiger partial charge in [-0.05, 0) is 49.2 Å². The van der Waals surface area contributed by atoms with Gasteiger partial charge in [-0.3, -0.25) is 9.88 Å². The third-order valence-electron chi connectivity index (χ3n) is 5.47. The Bertz CT molecular complexity index is 963. The summed E-state index contributed by atoms with van der Waals surface area (Å²) in [6.07, 6.45) is 2.11. The third kappa shape index (κ3) is 4.50. The molecule has 3 aromatic rings. The fourth-order valence-corrected chi connectivity index (χ4v) is 3.88. The van der Waals surface area contributed by atoms with Crippen LogP contribution in [-0.4, -0.2) is 26.0 Å². The fraction of sp³-hybridized carbons (Fsp3) is 0.364. The van der Waals surface area contributed by atoms with Crippen LogP contribution < -0.4 is 0 Å². The summed E-state index contributed by atoms with van der Waals surface area (Å²) in [7, 11) is 2.00. The molecule has 0 spiro atoms. The largest absolute Gasteiger partial charge is 0.416 e. The van der Waals surface area contributed by atoms with Gasteiger partial charge in [-0.15, -0.1) is 0 Å². The number of likely N-dealkylation sites (tertiary alicyclic amines) is 1. The van der Waals surface area contributed by atoms with E-state index in [0.29, 0.717) is 6.42 Å². The summed E-state index contributed by atoms with van der Waals surface area (Å²) in [6.45, 7) is 1.78. The first kappa shape index (κ1) is 19.6. The molecule has 1 aliphatic rings. The maximum atomic E-state index is 12.7. The van der Waals surface area contributed by atoms with Gasteiger partial charge in [0.1, 0.15) is 5.82 Å². The first-order valence-corrected chi connectivity index (χ1v) is 9.72. The molecule has 0 saturated carbocycles. The summed E-state index contributed by atoms with van der Waals surface area (Å²) in [5.74, 6) is 1.03. The number of nitrogens with zero attached hydrogens (tertiary/aromatic N) is 4. The molecule has 0 amide bonds. The zero-order valence-corrected chi connectivity index (χ0v) is 16.2. The molecule has 0 radical (unpaired) electrons. The quantitative estimate of drug-likeness (QED) is 0.619. The zero-order chi connectivity index (χ0) is 20.4. The van der Waals surface area contributed by atoms with E-state index in [9.17, 15) is 13.2 Å². The SMILES string of the molecule is Cn1ccnc1CN1CCCC1c1cccc(Cc2ccc(C(F)(F)F)cc2)n1. The fourth-order valence-electron chi connectivity index (χ4n) is 3.88. The van der Waals surface area contributed by atoms with Crippen molar-refractivity contribution in [2.45, 2.75) is 38.0 Å². The van der Waals surface area contributed by atoms with Gasteiger partial charge < -0.3 is 4.57 Å². The molecule has 152 valence electrons. The minimum absolute atomic E-state index is 0.235. The van der Waals surface area contributed by atoms with Crippen LogP contribution in [0.5, 0.6) is 0 Å². The van der Waals surface area contributed by atoms with E-state index in [-0.39, 0.29) is 6.04 Å². The number of aromatic nitrogens is 3. The number of alkyl halides is 3. The summed E-state index contributed by atoms with van der Waals surface area (Å²) >= 11 is 0. The Balaban J connectivity index is 1.49. The predicted octanol–water partition coefficient (Wildman–Crippen LogP) is 4.76. The van der Waals surface area contributed by atoms with Crippen LogP contribution in [0.3, 0.4) is 0 Å². The van der Waals surface area contributed by atoms with Gasteiger partial charge >= 0.3 is 6.18 Å². The van der Waals surface area contributed by atoms with Crippen molar-refractivity contribution in [2.24, 2.45) is 7.05 Å². The van der Waals surface area contributed by atoms with Crippen molar-refractivity contribution in [3.63, 3.8) is 0 Å². The van der Waals surface area contributed by atoms with Gasteiger partial charge in [-0.2, -0.15) is 13.2 Å². The lowest BCUT2D eigenvalue weighted by atomic mass is 10.1. The Morgan fingerprint density at radius 3 is 2.59 bits per heavy atom. The predicted molar refractivity (Wildman–Crippen MR) is 104 cm³/mol. The molecule has 7 heteroatoms. The van der Waals surface area contributed by atoms with Crippen LogP contribution >= 0.6 is 0 Å². The summed E-state index contributed by atoms with van der Waals surface area (Å²) in [5, 5.41) is 0. The molecular formula is C22H23F3N4. The number of benzene rings is 1. The second kappa shape index (κ2) is 7.99. The first-order chi connectivity index (χ1) is 13.9. The van der Waals surface area contributed by atoms with E-state index >= 15 is 0 Å². The molecule has 0 N–H and O–H groups in total. The van der Waals surface area contributed by atoms with Gasteiger partial charge in [0.2, 0.25) is 0 Å². The molecule has 1 saturated heterocycles. The van der Waals surface area contributed by atoms with Crippen LogP contribution in [0.4, 0.5) is 13.2 Å². The van der Waals surface area contributed by atoms with E-state index in [1.165, 1.54) is 12.1 Å². The summed E-state index contributed by atoms with van der Waals surface area (Å²) in [5.41, 5.74) is 2.07. The molecule has 29 heavy (non-hydrogen) atoms. The van der Waals surface area contributed by atoms with E-state index in [0.717, 1.165) is 60.8 Å². The van der Waals surface area contributed by atoms with E-state index in [2.05, 4.69) is 9.88 Å². The van der Waals surface area contributed by atoms with Gasteiger partial charge in [-0.25, -0.2) is 4.98 Å². The Kier molecular flexibility index (Phi) is 5.41. The van der Waals surface area contributed by atoms with Crippen LogP contribution in [0, 0.1) is 0 Å².